The Morgan fingerprint density at radius 3 is 2.29 bits per heavy atom. The van der Waals surface area contributed by atoms with Gasteiger partial charge in [0.25, 0.3) is 0 Å². The van der Waals surface area contributed by atoms with E-state index >= 15 is 0 Å². The van der Waals surface area contributed by atoms with Crippen LogP contribution in [0.4, 0.5) is 0 Å². The number of carbonyl (C=O) groups is 2. The third-order valence-electron chi connectivity index (χ3n) is 6.34. The van der Waals surface area contributed by atoms with Gasteiger partial charge in [0.05, 0.1) is 19.4 Å². The lowest BCUT2D eigenvalue weighted by molar-refractivity contribution is -0.895. The van der Waals surface area contributed by atoms with E-state index in [-0.39, 0.29) is 29.3 Å². The van der Waals surface area contributed by atoms with Crippen LogP contribution in [0.5, 0.6) is 0 Å². The average Bonchev–Trinajstić information content (AvgIpc) is 2.78. The first-order chi connectivity index (χ1) is 15.0. The highest BCUT2D eigenvalue weighted by Crippen LogP contribution is 2.43. The molecule has 1 aliphatic heterocycles. The van der Waals surface area contributed by atoms with E-state index in [1.165, 1.54) is 11.1 Å². The lowest BCUT2D eigenvalue weighted by Gasteiger charge is -2.46. The number of nitrogens with zero attached hydrogens (tertiary/aromatic N) is 1. The second kappa shape index (κ2) is 8.86. The Morgan fingerprint density at radius 1 is 0.935 bits per heavy atom. The van der Waals surface area contributed by atoms with Gasteiger partial charge in [0.2, 0.25) is 0 Å². The molecule has 3 aromatic rings. The first-order valence-electron chi connectivity index (χ1n) is 10.8. The summed E-state index contributed by atoms with van der Waals surface area (Å²) in [5.41, 5.74) is 5.79. The van der Waals surface area contributed by atoms with Gasteiger partial charge in [0.1, 0.15) is 12.6 Å². The molecule has 0 spiro atoms. The van der Waals surface area contributed by atoms with Crippen LogP contribution in [0.1, 0.15) is 46.7 Å². The van der Waals surface area contributed by atoms with Crippen LogP contribution in [-0.2, 0) is 22.6 Å². The van der Waals surface area contributed by atoms with Crippen molar-refractivity contribution < 1.29 is 19.2 Å². The van der Waals surface area contributed by atoms with Crippen molar-refractivity contribution in [3.63, 3.8) is 0 Å². The van der Waals surface area contributed by atoms with E-state index in [1.54, 1.807) is 0 Å². The number of hydrogen-bond acceptors (Lipinski definition) is 2. The molecule has 1 amide bonds. The van der Waals surface area contributed by atoms with E-state index < -0.39 is 5.97 Å². The highest BCUT2D eigenvalue weighted by Gasteiger charge is 2.48. The van der Waals surface area contributed by atoms with E-state index in [2.05, 4.69) is 49.4 Å². The molecule has 0 saturated carbocycles. The maximum atomic E-state index is 13.8. The number of carbonyl (C=O) groups excluding carboxylic acids is 1. The highest BCUT2D eigenvalue weighted by atomic mass is 16.4. The third kappa shape index (κ3) is 4.30. The summed E-state index contributed by atoms with van der Waals surface area (Å²) in [6.45, 7) is 3.28. The molecule has 3 aromatic carbocycles. The van der Waals surface area contributed by atoms with Crippen molar-refractivity contribution in [2.75, 3.05) is 6.54 Å². The number of quaternary nitrogens is 1. The topological polar surface area (TPSA) is 54.4 Å². The van der Waals surface area contributed by atoms with E-state index in [0.717, 1.165) is 23.1 Å². The summed E-state index contributed by atoms with van der Waals surface area (Å²) in [7, 11) is 0. The Kier molecular flexibility index (Phi) is 6.01. The minimum absolute atomic E-state index is 0.00716. The molecule has 4 rings (SSSR count). The van der Waals surface area contributed by atoms with Gasteiger partial charge in [0.15, 0.2) is 0 Å². The summed E-state index contributed by atoms with van der Waals surface area (Å²) in [5.74, 6) is -0.942. The molecule has 1 aliphatic rings. The lowest BCUT2D eigenvalue weighted by atomic mass is 9.84. The van der Waals surface area contributed by atoms with Crippen molar-refractivity contribution in [1.82, 2.24) is 0 Å². The molecule has 2 atom stereocenters. The molecule has 4 nitrogen and oxygen atoms in total. The molecular formula is C27H28NO3+. The molecule has 2 unspecified atom stereocenters. The zero-order chi connectivity index (χ0) is 21.8. The number of carboxylic acid groups (broad SMARTS) is 1. The van der Waals surface area contributed by atoms with Crippen LogP contribution in [-0.4, -0.2) is 28.0 Å². The Morgan fingerprint density at radius 2 is 1.61 bits per heavy atom. The second-order valence-electron chi connectivity index (χ2n) is 8.45. The largest absolute Gasteiger partial charge is 0.481 e. The second-order valence-corrected chi connectivity index (χ2v) is 8.45. The summed E-state index contributed by atoms with van der Waals surface area (Å²) >= 11 is 0. The standard InChI is InChI=1S/C27H27NO3/c1-20-12-13-22-16-17-28(25(29)14-15-26(30)31,19-21-8-4-2-5-9-21)27(24(22)18-20)23-10-6-3-7-11-23/h2-13,18,27H,14-17,19H2,1H3/p+1. The highest BCUT2D eigenvalue weighted by molar-refractivity contribution is 5.77. The molecule has 1 heterocycles. The van der Waals surface area contributed by atoms with Crippen molar-refractivity contribution in [1.29, 1.82) is 0 Å². The Bertz CT molecular complexity index is 1080. The number of amides is 1. The van der Waals surface area contributed by atoms with Gasteiger partial charge in [-0.1, -0.05) is 78.4 Å². The van der Waals surface area contributed by atoms with Crippen LogP contribution in [0.2, 0.25) is 0 Å². The van der Waals surface area contributed by atoms with E-state index in [1.807, 2.05) is 36.4 Å². The number of fused-ring (bicyclic) bond motifs is 1. The number of hydrogen-bond donors (Lipinski definition) is 1. The zero-order valence-electron chi connectivity index (χ0n) is 17.8. The van der Waals surface area contributed by atoms with Crippen LogP contribution >= 0.6 is 0 Å². The smallest absolute Gasteiger partial charge is 0.315 e. The minimum atomic E-state index is -0.935. The zero-order valence-corrected chi connectivity index (χ0v) is 17.8. The third-order valence-corrected chi connectivity index (χ3v) is 6.34. The van der Waals surface area contributed by atoms with Crippen molar-refractivity contribution in [3.05, 3.63) is 107 Å². The predicted molar refractivity (Wildman–Crippen MR) is 120 cm³/mol. The Labute approximate surface area is 183 Å². The van der Waals surface area contributed by atoms with Gasteiger partial charge in [0, 0.05) is 23.1 Å². The SMILES string of the molecule is Cc1ccc2c(c1)C(c1ccccc1)[N+](Cc1ccccc1)(C(=O)CCC(=O)O)CC2. The Hall–Kier alpha value is -3.24. The van der Waals surface area contributed by atoms with Crippen molar-refractivity contribution in [3.8, 4) is 0 Å². The average molecular weight is 415 g/mol. The minimum Gasteiger partial charge on any atom is -0.481 e. The van der Waals surface area contributed by atoms with E-state index in [9.17, 15) is 14.7 Å². The molecule has 0 saturated heterocycles. The summed E-state index contributed by atoms with van der Waals surface area (Å²) < 4.78 is 0.220. The molecule has 158 valence electrons. The predicted octanol–water partition coefficient (Wildman–Crippen LogP) is 5.05. The molecule has 31 heavy (non-hydrogen) atoms. The summed E-state index contributed by atoms with van der Waals surface area (Å²) in [6, 6.07) is 26.6. The van der Waals surface area contributed by atoms with Gasteiger partial charge in [-0.15, -0.1) is 0 Å². The number of carboxylic acids is 1. The summed E-state index contributed by atoms with van der Waals surface area (Å²) in [4.78, 5) is 25.1. The van der Waals surface area contributed by atoms with Gasteiger partial charge in [-0.05, 0) is 18.6 Å². The molecule has 0 aliphatic carbocycles. The number of benzene rings is 3. The van der Waals surface area contributed by atoms with Gasteiger partial charge >= 0.3 is 11.9 Å². The van der Waals surface area contributed by atoms with Crippen LogP contribution in [0.3, 0.4) is 0 Å². The normalized spacial score (nSPS) is 20.1. The first kappa shape index (κ1) is 21.0. The Balaban J connectivity index is 1.89. The monoisotopic (exact) mass is 414 g/mol. The van der Waals surface area contributed by atoms with Crippen LogP contribution in [0.15, 0.2) is 78.9 Å². The molecule has 0 aromatic heterocycles. The molecule has 1 N–H and O–H groups in total. The van der Waals surface area contributed by atoms with E-state index in [0.29, 0.717) is 13.1 Å². The van der Waals surface area contributed by atoms with Crippen LogP contribution in [0.25, 0.3) is 0 Å². The van der Waals surface area contributed by atoms with Gasteiger partial charge in [-0.2, -0.15) is 0 Å². The fraction of sp³-hybridized carbons (Fsp3) is 0.259. The molecule has 0 radical (unpaired) electrons. The van der Waals surface area contributed by atoms with Crippen molar-refractivity contribution in [2.45, 2.75) is 38.8 Å². The lowest BCUT2D eigenvalue weighted by Crippen LogP contribution is -2.58. The summed E-state index contributed by atoms with van der Waals surface area (Å²) in [6.07, 6.45) is 0.688. The summed E-state index contributed by atoms with van der Waals surface area (Å²) in [5, 5.41) is 9.25. The van der Waals surface area contributed by atoms with Crippen LogP contribution in [0, 0.1) is 6.92 Å². The fourth-order valence-corrected chi connectivity index (χ4v) is 4.89. The number of aryl methyl sites for hydroxylation is 1. The van der Waals surface area contributed by atoms with Gasteiger partial charge < -0.3 is 5.11 Å². The molecule has 0 bridgehead atoms. The number of rotatable bonds is 6. The van der Waals surface area contributed by atoms with Crippen molar-refractivity contribution >= 4 is 11.9 Å². The fourth-order valence-electron chi connectivity index (χ4n) is 4.89. The van der Waals surface area contributed by atoms with Gasteiger partial charge in [-0.3, -0.25) is 4.79 Å². The maximum Gasteiger partial charge on any atom is 0.315 e. The number of aliphatic carboxylic acids is 1. The molecule has 4 heteroatoms. The first-order valence-corrected chi connectivity index (χ1v) is 10.8. The molecule has 0 fully saturated rings. The quantitative estimate of drug-likeness (QED) is 0.575. The molecular weight excluding hydrogens is 386 g/mol. The van der Waals surface area contributed by atoms with Gasteiger partial charge in [-0.25, -0.2) is 9.28 Å². The van der Waals surface area contributed by atoms with Crippen LogP contribution < -0.4 is 0 Å². The maximum absolute atomic E-state index is 13.8. The van der Waals surface area contributed by atoms with Crippen molar-refractivity contribution in [2.24, 2.45) is 0 Å². The van der Waals surface area contributed by atoms with E-state index in [4.69, 9.17) is 0 Å².